The number of hydrogen-bond donors (Lipinski definition) is 2. The fraction of sp³-hybridized carbons (Fsp3) is 0.450. The summed E-state index contributed by atoms with van der Waals surface area (Å²) in [7, 11) is 0. The first kappa shape index (κ1) is 20.9. The van der Waals surface area contributed by atoms with Gasteiger partial charge in [0.1, 0.15) is 0 Å². The van der Waals surface area contributed by atoms with Gasteiger partial charge in [0.25, 0.3) is 0 Å². The molecule has 2 rings (SSSR count). The fourth-order valence-electron chi connectivity index (χ4n) is 3.13. The van der Waals surface area contributed by atoms with Crippen LogP contribution in [0, 0.1) is 0 Å². The molecule has 0 aliphatic carbocycles. The third-order valence-corrected chi connectivity index (χ3v) is 4.73. The van der Waals surface area contributed by atoms with Crippen molar-refractivity contribution in [2.75, 3.05) is 18.5 Å². The Balaban J connectivity index is 2.42. The minimum absolute atomic E-state index is 0.0312. The zero-order chi connectivity index (χ0) is 20.0. The van der Waals surface area contributed by atoms with E-state index in [4.69, 9.17) is 17.0 Å². The van der Waals surface area contributed by atoms with Gasteiger partial charge in [0, 0.05) is 24.4 Å². The Hall–Kier alpha value is -2.41. The molecule has 1 aromatic rings. The van der Waals surface area contributed by atoms with Gasteiger partial charge in [0.05, 0.1) is 18.2 Å². The van der Waals surface area contributed by atoms with Gasteiger partial charge in [-0.2, -0.15) is 0 Å². The first-order valence-corrected chi connectivity index (χ1v) is 9.69. The number of anilines is 1. The molecule has 1 aromatic carbocycles. The Morgan fingerprint density at radius 3 is 2.67 bits per heavy atom. The average molecular weight is 390 g/mol. The number of ether oxygens (including phenoxy) is 1. The summed E-state index contributed by atoms with van der Waals surface area (Å²) in [5, 5.41) is 6.70. The molecule has 0 fully saturated rings. The molecule has 0 unspecified atom stereocenters. The van der Waals surface area contributed by atoms with Crippen LogP contribution in [0.2, 0.25) is 0 Å². The number of allylic oxidation sites excluding steroid dienone is 1. The van der Waals surface area contributed by atoms with Gasteiger partial charge in [-0.05, 0) is 57.1 Å². The Morgan fingerprint density at radius 2 is 2.04 bits per heavy atom. The van der Waals surface area contributed by atoms with Crippen LogP contribution in [-0.4, -0.2) is 35.0 Å². The van der Waals surface area contributed by atoms with E-state index < -0.39 is 6.04 Å². The van der Waals surface area contributed by atoms with E-state index in [0.29, 0.717) is 35.9 Å². The van der Waals surface area contributed by atoms with E-state index in [1.54, 1.807) is 6.92 Å². The molecule has 7 heteroatoms. The molecule has 0 aromatic heterocycles. The molecule has 0 saturated heterocycles. The lowest BCUT2D eigenvalue weighted by molar-refractivity contribution is -0.139. The summed E-state index contributed by atoms with van der Waals surface area (Å²) in [5.41, 5.74) is 2.84. The number of hydrogen-bond acceptors (Lipinski definition) is 4. The maximum absolute atomic E-state index is 12.6. The number of carbonyl (C=O) groups excluding carboxylic acids is 2. The maximum atomic E-state index is 12.6. The van der Waals surface area contributed by atoms with Crippen molar-refractivity contribution in [1.29, 1.82) is 0 Å². The molecule has 1 aliphatic rings. The number of thiocarbonyl (C=S) groups is 1. The molecule has 6 nitrogen and oxygen atoms in total. The minimum atomic E-state index is -0.428. The largest absolute Gasteiger partial charge is 0.463 e. The van der Waals surface area contributed by atoms with Gasteiger partial charge in [0.15, 0.2) is 5.11 Å². The highest BCUT2D eigenvalue weighted by atomic mass is 32.1. The highest BCUT2D eigenvalue weighted by Crippen LogP contribution is 2.32. The number of nitrogens with one attached hydrogen (secondary N) is 2. The quantitative estimate of drug-likeness (QED) is 0.549. The summed E-state index contributed by atoms with van der Waals surface area (Å²) in [4.78, 5) is 26.4. The van der Waals surface area contributed by atoms with Crippen LogP contribution in [0.4, 0.5) is 5.69 Å². The molecule has 0 radical (unpaired) electrons. The van der Waals surface area contributed by atoms with Crippen molar-refractivity contribution in [2.45, 2.75) is 46.6 Å². The van der Waals surface area contributed by atoms with Crippen molar-refractivity contribution in [3.8, 4) is 0 Å². The van der Waals surface area contributed by atoms with Gasteiger partial charge in [-0.3, -0.25) is 4.79 Å². The molecule has 1 amide bonds. The van der Waals surface area contributed by atoms with E-state index in [1.165, 1.54) is 0 Å². The van der Waals surface area contributed by atoms with Crippen LogP contribution in [0.5, 0.6) is 0 Å². The van der Waals surface area contributed by atoms with Crippen LogP contribution in [0.1, 0.15) is 52.1 Å². The van der Waals surface area contributed by atoms with E-state index in [1.807, 2.05) is 49.9 Å². The fourth-order valence-corrected chi connectivity index (χ4v) is 3.52. The monoisotopic (exact) mass is 389 g/mol. The standard InChI is InChI=1S/C20H27N3O3S/c1-5-9-16(24)21-15-11-8-10-14(12-15)18-17(19(25)26-7-3)13(4)23(6-2)20(27)22-18/h8,10-12,18H,5-7,9H2,1-4H3,(H,21,24)(H,22,27)/t18-/m1/s1. The topological polar surface area (TPSA) is 70.7 Å². The van der Waals surface area contributed by atoms with Crippen molar-refractivity contribution in [3.63, 3.8) is 0 Å². The Labute approximate surface area is 166 Å². The van der Waals surface area contributed by atoms with Gasteiger partial charge >= 0.3 is 5.97 Å². The summed E-state index contributed by atoms with van der Waals surface area (Å²) in [6, 6.07) is 7.02. The van der Waals surface area contributed by atoms with E-state index in [0.717, 1.165) is 17.7 Å². The molecule has 1 aliphatic heterocycles. The van der Waals surface area contributed by atoms with Crippen LogP contribution >= 0.6 is 12.2 Å². The average Bonchev–Trinajstić information content (AvgIpc) is 2.62. The third-order valence-electron chi connectivity index (χ3n) is 4.39. The van der Waals surface area contributed by atoms with Crippen molar-refractivity contribution in [2.24, 2.45) is 0 Å². The SMILES string of the molecule is CCCC(=O)Nc1cccc([C@H]2NC(=S)N(CC)C(C)=C2C(=O)OCC)c1. The van der Waals surface area contributed by atoms with Gasteiger partial charge in [-0.15, -0.1) is 0 Å². The highest BCUT2D eigenvalue weighted by molar-refractivity contribution is 7.80. The molecule has 1 atom stereocenters. The van der Waals surface area contributed by atoms with E-state index in [2.05, 4.69) is 10.6 Å². The molecule has 0 spiro atoms. The summed E-state index contributed by atoms with van der Waals surface area (Å²) < 4.78 is 5.28. The van der Waals surface area contributed by atoms with Crippen molar-refractivity contribution >= 4 is 34.9 Å². The second kappa shape index (κ2) is 9.50. The van der Waals surface area contributed by atoms with Crippen LogP contribution in [0.25, 0.3) is 0 Å². The Bertz CT molecular complexity index is 761. The summed E-state index contributed by atoms with van der Waals surface area (Å²) >= 11 is 5.48. The zero-order valence-electron chi connectivity index (χ0n) is 16.3. The van der Waals surface area contributed by atoms with Gasteiger partial charge in [0.2, 0.25) is 5.91 Å². The molecule has 27 heavy (non-hydrogen) atoms. The third kappa shape index (κ3) is 4.86. The number of esters is 1. The summed E-state index contributed by atoms with van der Waals surface area (Å²) in [6.07, 6.45) is 1.25. The number of amides is 1. The summed E-state index contributed by atoms with van der Waals surface area (Å²) in [5.74, 6) is -0.398. The summed E-state index contributed by atoms with van der Waals surface area (Å²) in [6.45, 7) is 8.55. The van der Waals surface area contributed by atoms with Gasteiger partial charge in [-0.25, -0.2) is 4.79 Å². The molecule has 146 valence electrons. The van der Waals surface area contributed by atoms with Crippen molar-refractivity contribution in [3.05, 3.63) is 41.1 Å². The Kier molecular flexibility index (Phi) is 7.36. The van der Waals surface area contributed by atoms with Crippen LogP contribution in [-0.2, 0) is 14.3 Å². The predicted octanol–water partition coefficient (Wildman–Crippen LogP) is 3.51. The van der Waals surface area contributed by atoms with Crippen molar-refractivity contribution in [1.82, 2.24) is 10.2 Å². The normalized spacial score (nSPS) is 16.8. The van der Waals surface area contributed by atoms with Crippen LogP contribution in [0.3, 0.4) is 0 Å². The number of nitrogens with zero attached hydrogens (tertiary/aromatic N) is 1. The smallest absolute Gasteiger partial charge is 0.338 e. The van der Waals surface area contributed by atoms with E-state index >= 15 is 0 Å². The van der Waals surface area contributed by atoms with Crippen LogP contribution in [0.15, 0.2) is 35.5 Å². The lowest BCUT2D eigenvalue weighted by Gasteiger charge is -2.37. The highest BCUT2D eigenvalue weighted by Gasteiger charge is 2.34. The number of rotatable bonds is 7. The molecule has 2 N–H and O–H groups in total. The zero-order valence-corrected chi connectivity index (χ0v) is 17.1. The van der Waals surface area contributed by atoms with Gasteiger partial charge in [-0.1, -0.05) is 19.1 Å². The first-order valence-electron chi connectivity index (χ1n) is 9.28. The molecular formula is C20H27N3O3S. The second-order valence-electron chi connectivity index (χ2n) is 6.27. The van der Waals surface area contributed by atoms with E-state index in [9.17, 15) is 9.59 Å². The first-order chi connectivity index (χ1) is 12.9. The van der Waals surface area contributed by atoms with Crippen molar-refractivity contribution < 1.29 is 14.3 Å². The maximum Gasteiger partial charge on any atom is 0.338 e. The predicted molar refractivity (Wildman–Crippen MR) is 110 cm³/mol. The molecular weight excluding hydrogens is 362 g/mol. The van der Waals surface area contributed by atoms with Crippen LogP contribution < -0.4 is 10.6 Å². The van der Waals surface area contributed by atoms with Gasteiger partial charge < -0.3 is 20.3 Å². The minimum Gasteiger partial charge on any atom is -0.463 e. The number of benzene rings is 1. The Morgan fingerprint density at radius 1 is 1.30 bits per heavy atom. The second-order valence-corrected chi connectivity index (χ2v) is 6.66. The molecule has 1 heterocycles. The number of carbonyl (C=O) groups is 2. The molecule has 0 bridgehead atoms. The van der Waals surface area contributed by atoms with E-state index in [-0.39, 0.29) is 11.9 Å². The lowest BCUT2D eigenvalue weighted by Crippen LogP contribution is -2.47. The lowest BCUT2D eigenvalue weighted by atomic mass is 9.94. The molecule has 0 saturated carbocycles.